The maximum Gasteiger partial charge on any atom is 0.222 e. The molecule has 1 saturated carbocycles. The molecular weight excluding hydrogens is 349 g/mol. The molecule has 0 spiro atoms. The van der Waals surface area contributed by atoms with E-state index in [1.54, 1.807) is 13.4 Å². The lowest BCUT2D eigenvalue weighted by Gasteiger charge is -2.32. The molecule has 7 nitrogen and oxygen atoms in total. The second kappa shape index (κ2) is 8.96. The van der Waals surface area contributed by atoms with Crippen LogP contribution in [0.25, 0.3) is 0 Å². The summed E-state index contributed by atoms with van der Waals surface area (Å²) in [5.41, 5.74) is 7.98. The Balaban J connectivity index is 0.00000144. The Labute approximate surface area is 154 Å². The van der Waals surface area contributed by atoms with Gasteiger partial charge in [0.1, 0.15) is 12.1 Å². The summed E-state index contributed by atoms with van der Waals surface area (Å²) in [5, 5.41) is 2.91. The summed E-state index contributed by atoms with van der Waals surface area (Å²) in [4.78, 5) is 19.3. The van der Waals surface area contributed by atoms with E-state index < -0.39 is 0 Å². The molecule has 3 rings (SSSR count). The normalized spacial score (nSPS) is 18.6. The Hall–Kier alpha value is -1.70. The van der Waals surface area contributed by atoms with E-state index in [0.717, 1.165) is 29.9 Å². The van der Waals surface area contributed by atoms with Gasteiger partial charge in [-0.1, -0.05) is 0 Å². The van der Waals surface area contributed by atoms with Crippen LogP contribution in [-0.4, -0.2) is 40.1 Å². The Morgan fingerprint density at radius 2 is 1.83 bits per heavy atom. The zero-order chi connectivity index (χ0) is 15.5. The van der Waals surface area contributed by atoms with Crippen molar-refractivity contribution in [2.24, 2.45) is 5.73 Å². The smallest absolute Gasteiger partial charge is 0.222 e. The first kappa shape index (κ1) is 20.3. The van der Waals surface area contributed by atoms with Crippen molar-refractivity contribution in [1.82, 2.24) is 19.9 Å². The average Bonchev–Trinajstić information content (AvgIpc) is 2.52. The topological polar surface area (TPSA) is 92.9 Å². The summed E-state index contributed by atoms with van der Waals surface area (Å²) in [6, 6.07) is 2.38. The molecule has 0 aliphatic heterocycles. The van der Waals surface area contributed by atoms with Gasteiger partial charge in [0.2, 0.25) is 5.95 Å². The highest BCUT2D eigenvalue weighted by molar-refractivity contribution is 5.85. The molecular formula is C15H23Cl2N7. The van der Waals surface area contributed by atoms with Gasteiger partial charge in [-0.15, -0.1) is 24.8 Å². The van der Waals surface area contributed by atoms with Crippen molar-refractivity contribution in [1.29, 1.82) is 0 Å². The number of nitrogens with zero attached hydrogens (tertiary/aromatic N) is 5. The van der Waals surface area contributed by atoms with Crippen LogP contribution in [-0.2, 0) is 6.54 Å². The first-order valence-electron chi connectivity index (χ1n) is 7.43. The van der Waals surface area contributed by atoms with Crippen LogP contribution in [0.5, 0.6) is 0 Å². The maximum absolute atomic E-state index is 5.86. The number of halogens is 2. The molecule has 0 saturated heterocycles. The second-order valence-corrected chi connectivity index (χ2v) is 5.75. The summed E-state index contributed by atoms with van der Waals surface area (Å²) in [7, 11) is 3.81. The number of hydrogen-bond acceptors (Lipinski definition) is 7. The summed E-state index contributed by atoms with van der Waals surface area (Å²) in [6.07, 6.45) is 7.30. The lowest BCUT2D eigenvalue weighted by molar-refractivity contribution is 0.345. The van der Waals surface area contributed by atoms with Crippen molar-refractivity contribution in [2.75, 3.05) is 24.3 Å². The summed E-state index contributed by atoms with van der Waals surface area (Å²) in [5.74, 6) is 2.00. The highest BCUT2D eigenvalue weighted by Crippen LogP contribution is 2.35. The lowest BCUT2D eigenvalue weighted by Crippen LogP contribution is -2.35. The number of anilines is 2. The zero-order valence-electron chi connectivity index (χ0n) is 13.7. The Kier molecular flexibility index (Phi) is 7.59. The van der Waals surface area contributed by atoms with E-state index in [0.29, 0.717) is 24.5 Å². The fourth-order valence-electron chi connectivity index (χ4n) is 2.62. The van der Waals surface area contributed by atoms with E-state index in [-0.39, 0.29) is 24.8 Å². The van der Waals surface area contributed by atoms with Gasteiger partial charge >= 0.3 is 0 Å². The first-order chi connectivity index (χ1) is 10.7. The van der Waals surface area contributed by atoms with Crippen molar-refractivity contribution >= 4 is 36.6 Å². The van der Waals surface area contributed by atoms with E-state index in [9.17, 15) is 0 Å². The van der Waals surface area contributed by atoms with Crippen LogP contribution in [0.3, 0.4) is 0 Å². The molecule has 2 heterocycles. The third kappa shape index (κ3) is 4.66. The minimum absolute atomic E-state index is 0. The monoisotopic (exact) mass is 371 g/mol. The zero-order valence-corrected chi connectivity index (χ0v) is 15.3. The van der Waals surface area contributed by atoms with Crippen LogP contribution in [0.1, 0.15) is 30.0 Å². The van der Waals surface area contributed by atoms with Crippen molar-refractivity contribution in [2.45, 2.75) is 31.3 Å². The van der Waals surface area contributed by atoms with Crippen molar-refractivity contribution in [3.63, 3.8) is 0 Å². The molecule has 0 atom stereocenters. The molecule has 24 heavy (non-hydrogen) atoms. The van der Waals surface area contributed by atoms with Gasteiger partial charge in [-0.2, -0.15) is 0 Å². The van der Waals surface area contributed by atoms with E-state index in [2.05, 4.69) is 36.2 Å². The molecule has 9 heteroatoms. The summed E-state index contributed by atoms with van der Waals surface area (Å²) < 4.78 is 0. The predicted octanol–water partition coefficient (Wildman–Crippen LogP) is 1.99. The highest BCUT2D eigenvalue weighted by Gasteiger charge is 2.28. The van der Waals surface area contributed by atoms with Crippen molar-refractivity contribution in [3.05, 3.63) is 36.0 Å². The average molecular weight is 372 g/mol. The molecule has 1 fully saturated rings. The Morgan fingerprint density at radius 1 is 1.17 bits per heavy atom. The molecule has 132 valence electrons. The Morgan fingerprint density at radius 3 is 2.42 bits per heavy atom. The SMILES string of the molecule is CNc1ncc(CN(C)c2cc(C3CC(N)C3)ncn2)cn1.Cl.Cl. The van der Waals surface area contributed by atoms with E-state index in [1.807, 2.05) is 19.4 Å². The number of nitrogens with two attached hydrogens (primary N) is 1. The maximum atomic E-state index is 5.86. The molecule has 0 amide bonds. The van der Waals surface area contributed by atoms with Crippen LogP contribution >= 0.6 is 24.8 Å². The number of hydrogen-bond donors (Lipinski definition) is 2. The van der Waals surface area contributed by atoms with Gasteiger partial charge in [-0.05, 0) is 12.8 Å². The van der Waals surface area contributed by atoms with Gasteiger partial charge in [-0.25, -0.2) is 19.9 Å². The number of rotatable bonds is 5. The van der Waals surface area contributed by atoms with Gasteiger partial charge in [0.15, 0.2) is 0 Å². The molecule has 1 aliphatic rings. The summed E-state index contributed by atoms with van der Waals surface area (Å²) in [6.45, 7) is 0.699. The molecule has 1 aliphatic carbocycles. The van der Waals surface area contributed by atoms with E-state index in [4.69, 9.17) is 5.73 Å². The van der Waals surface area contributed by atoms with Crippen molar-refractivity contribution in [3.8, 4) is 0 Å². The van der Waals surface area contributed by atoms with Gasteiger partial charge in [0, 0.05) is 62.3 Å². The molecule has 3 N–H and O–H groups in total. The number of aromatic nitrogens is 4. The fraction of sp³-hybridized carbons (Fsp3) is 0.467. The quantitative estimate of drug-likeness (QED) is 0.829. The lowest BCUT2D eigenvalue weighted by atomic mass is 9.78. The van der Waals surface area contributed by atoms with Gasteiger partial charge in [0.25, 0.3) is 0 Å². The van der Waals surface area contributed by atoms with Crippen LogP contribution < -0.4 is 16.0 Å². The van der Waals surface area contributed by atoms with Gasteiger partial charge in [0.05, 0.1) is 0 Å². The van der Waals surface area contributed by atoms with Crippen molar-refractivity contribution < 1.29 is 0 Å². The van der Waals surface area contributed by atoms with Crippen LogP contribution in [0.15, 0.2) is 24.8 Å². The highest BCUT2D eigenvalue weighted by atomic mass is 35.5. The third-order valence-electron chi connectivity index (χ3n) is 4.01. The molecule has 0 radical (unpaired) electrons. The number of nitrogens with one attached hydrogen (secondary N) is 1. The molecule has 0 unspecified atom stereocenters. The minimum Gasteiger partial charge on any atom is -0.357 e. The molecule has 0 aromatic carbocycles. The van der Waals surface area contributed by atoms with Crippen LogP contribution in [0, 0.1) is 0 Å². The third-order valence-corrected chi connectivity index (χ3v) is 4.01. The largest absolute Gasteiger partial charge is 0.357 e. The standard InChI is InChI=1S/C15H21N7.2ClH/c1-17-15-18-6-10(7-19-15)8-22(2)14-5-13(20-9-21-14)11-3-12(16)4-11;;/h5-7,9,11-12H,3-4,8,16H2,1-2H3,(H,17,18,19);2*1H. The second-order valence-electron chi connectivity index (χ2n) is 5.75. The van der Waals surface area contributed by atoms with E-state index >= 15 is 0 Å². The van der Waals surface area contributed by atoms with Gasteiger partial charge < -0.3 is 16.0 Å². The van der Waals surface area contributed by atoms with Crippen LogP contribution in [0.2, 0.25) is 0 Å². The molecule has 2 aromatic rings. The molecule has 0 bridgehead atoms. The predicted molar refractivity (Wildman–Crippen MR) is 100 cm³/mol. The first-order valence-corrected chi connectivity index (χ1v) is 7.43. The summed E-state index contributed by atoms with van der Waals surface area (Å²) >= 11 is 0. The Bertz CT molecular complexity index is 632. The van der Waals surface area contributed by atoms with Gasteiger partial charge in [-0.3, -0.25) is 0 Å². The fourth-order valence-corrected chi connectivity index (χ4v) is 2.62. The van der Waals surface area contributed by atoms with Crippen LogP contribution in [0.4, 0.5) is 11.8 Å². The minimum atomic E-state index is 0. The van der Waals surface area contributed by atoms with E-state index in [1.165, 1.54) is 0 Å². The molecule has 2 aromatic heterocycles.